The summed E-state index contributed by atoms with van der Waals surface area (Å²) < 4.78 is 35.3. The topological polar surface area (TPSA) is 81.4 Å². The molecule has 0 aliphatic heterocycles. The van der Waals surface area contributed by atoms with E-state index in [1.807, 2.05) is 31.2 Å². The lowest BCUT2D eigenvalue weighted by Crippen LogP contribution is -2.05. The van der Waals surface area contributed by atoms with Crippen LogP contribution in [-0.4, -0.2) is 26.3 Å². The van der Waals surface area contributed by atoms with E-state index in [1.54, 1.807) is 19.2 Å². The van der Waals surface area contributed by atoms with E-state index in [-0.39, 0.29) is 16.7 Å². The van der Waals surface area contributed by atoms with Gasteiger partial charge in [-0.25, -0.2) is 13.4 Å². The van der Waals surface area contributed by atoms with Crippen molar-refractivity contribution in [1.29, 1.82) is 0 Å². The highest BCUT2D eigenvalue weighted by atomic mass is 32.2. The predicted molar refractivity (Wildman–Crippen MR) is 101 cm³/mol. The van der Waals surface area contributed by atoms with Gasteiger partial charge in [-0.1, -0.05) is 30.7 Å². The molecule has 26 heavy (non-hydrogen) atoms. The molecule has 2 aromatic carbocycles. The van der Waals surface area contributed by atoms with Crippen LogP contribution in [0.5, 0.6) is 5.75 Å². The Morgan fingerprint density at radius 2 is 2.00 bits per heavy atom. The molecule has 0 spiro atoms. The molecule has 7 heteroatoms. The maximum absolute atomic E-state index is 12.1. The Bertz CT molecular complexity index is 1030. The summed E-state index contributed by atoms with van der Waals surface area (Å²) in [5.74, 6) is 1.14. The van der Waals surface area contributed by atoms with E-state index in [4.69, 9.17) is 9.15 Å². The van der Waals surface area contributed by atoms with Crippen molar-refractivity contribution >= 4 is 21.5 Å². The highest BCUT2D eigenvalue weighted by Gasteiger charge is 2.16. The van der Waals surface area contributed by atoms with Gasteiger partial charge in [0.05, 0.1) is 29.6 Å². The summed E-state index contributed by atoms with van der Waals surface area (Å²) in [4.78, 5) is 4.44. The van der Waals surface area contributed by atoms with Crippen molar-refractivity contribution in [2.45, 2.75) is 18.7 Å². The fraction of sp³-hybridized carbons (Fsp3) is 0.211. The molecule has 0 atom stereocenters. The molecule has 0 unspecified atom stereocenters. The summed E-state index contributed by atoms with van der Waals surface area (Å²) >= 11 is 0. The van der Waals surface area contributed by atoms with Gasteiger partial charge in [0.15, 0.2) is 15.6 Å². The Morgan fingerprint density at radius 3 is 2.69 bits per heavy atom. The van der Waals surface area contributed by atoms with Crippen LogP contribution in [0.3, 0.4) is 0 Å². The van der Waals surface area contributed by atoms with Crippen molar-refractivity contribution < 1.29 is 17.6 Å². The maximum Gasteiger partial charge on any atom is 0.299 e. The largest absolute Gasteiger partial charge is 0.495 e. The van der Waals surface area contributed by atoms with E-state index in [0.29, 0.717) is 17.2 Å². The van der Waals surface area contributed by atoms with E-state index >= 15 is 0 Å². The van der Waals surface area contributed by atoms with E-state index < -0.39 is 9.84 Å². The lowest BCUT2D eigenvalue weighted by molar-refractivity contribution is 0.416. The van der Waals surface area contributed by atoms with E-state index in [9.17, 15) is 8.42 Å². The SMILES string of the molecule is CCS(=O)(=O)c1ccc(OC)c(Nc2ncc(-c3cccc(C)c3)o2)c1. The Morgan fingerprint density at radius 1 is 1.19 bits per heavy atom. The standard InChI is InChI=1S/C19H20N2O4S/c1-4-26(22,23)15-8-9-17(24-3)16(11-15)21-19-20-12-18(25-19)14-7-5-6-13(2)10-14/h5-12H,4H2,1-3H3,(H,20,21). The molecule has 1 aromatic heterocycles. The number of hydrogen-bond donors (Lipinski definition) is 1. The third kappa shape index (κ3) is 3.72. The van der Waals surface area contributed by atoms with E-state index in [1.165, 1.54) is 19.2 Å². The number of hydrogen-bond acceptors (Lipinski definition) is 6. The Hall–Kier alpha value is -2.80. The molecule has 1 N–H and O–H groups in total. The number of methoxy groups -OCH3 is 1. The van der Waals surface area contributed by atoms with Crippen LogP contribution in [0.4, 0.5) is 11.7 Å². The molecule has 136 valence electrons. The number of oxazole rings is 1. The van der Waals surface area contributed by atoms with Crippen molar-refractivity contribution in [1.82, 2.24) is 4.98 Å². The highest BCUT2D eigenvalue weighted by molar-refractivity contribution is 7.91. The average Bonchev–Trinajstić information content (AvgIpc) is 3.10. The quantitative estimate of drug-likeness (QED) is 0.698. The number of nitrogens with one attached hydrogen (secondary N) is 1. The third-order valence-electron chi connectivity index (χ3n) is 3.96. The summed E-state index contributed by atoms with van der Waals surface area (Å²) in [7, 11) is -1.81. The number of rotatable bonds is 6. The first kappa shape index (κ1) is 18.0. The van der Waals surface area contributed by atoms with Crippen LogP contribution in [0.15, 0.2) is 58.0 Å². The number of anilines is 2. The van der Waals surface area contributed by atoms with E-state index in [2.05, 4.69) is 10.3 Å². The zero-order valence-corrected chi connectivity index (χ0v) is 15.6. The first-order chi connectivity index (χ1) is 12.4. The molecule has 0 aliphatic rings. The molecule has 0 aliphatic carbocycles. The Balaban J connectivity index is 1.93. The summed E-state index contributed by atoms with van der Waals surface area (Å²) in [6.07, 6.45) is 1.62. The second-order valence-corrected chi connectivity index (χ2v) is 8.07. The molecular weight excluding hydrogens is 352 g/mol. The normalized spacial score (nSPS) is 11.3. The van der Waals surface area contributed by atoms with Crippen LogP contribution in [0.2, 0.25) is 0 Å². The van der Waals surface area contributed by atoms with Gasteiger partial charge in [0, 0.05) is 5.56 Å². The van der Waals surface area contributed by atoms with Gasteiger partial charge in [-0.05, 0) is 31.2 Å². The zero-order chi connectivity index (χ0) is 18.7. The molecule has 0 amide bonds. The third-order valence-corrected chi connectivity index (χ3v) is 5.69. The van der Waals surface area contributed by atoms with Gasteiger partial charge in [-0.2, -0.15) is 0 Å². The molecule has 3 rings (SSSR count). The summed E-state index contributed by atoms with van der Waals surface area (Å²) in [5.41, 5.74) is 2.51. The van der Waals surface area contributed by atoms with Crippen LogP contribution in [0, 0.1) is 6.92 Å². The van der Waals surface area contributed by atoms with Crippen LogP contribution in [0.25, 0.3) is 11.3 Å². The first-order valence-corrected chi connectivity index (χ1v) is 9.79. The highest BCUT2D eigenvalue weighted by Crippen LogP contribution is 2.32. The number of aryl methyl sites for hydroxylation is 1. The number of sulfone groups is 1. The molecule has 3 aromatic rings. The smallest absolute Gasteiger partial charge is 0.299 e. The van der Waals surface area contributed by atoms with Crippen LogP contribution in [-0.2, 0) is 9.84 Å². The minimum atomic E-state index is -3.33. The zero-order valence-electron chi connectivity index (χ0n) is 14.8. The van der Waals surface area contributed by atoms with Crippen molar-refractivity contribution in [3.63, 3.8) is 0 Å². The molecule has 6 nitrogen and oxygen atoms in total. The van der Waals surface area contributed by atoms with Crippen LogP contribution in [0.1, 0.15) is 12.5 Å². The number of nitrogens with zero attached hydrogens (tertiary/aromatic N) is 1. The van der Waals surface area contributed by atoms with Crippen molar-refractivity contribution in [2.75, 3.05) is 18.2 Å². The Kier molecular flexibility index (Phi) is 4.99. The molecule has 0 saturated heterocycles. The molecule has 0 bridgehead atoms. The number of benzene rings is 2. The van der Waals surface area contributed by atoms with Gasteiger partial charge in [-0.3, -0.25) is 0 Å². The van der Waals surface area contributed by atoms with Crippen LogP contribution >= 0.6 is 0 Å². The van der Waals surface area contributed by atoms with Crippen molar-refractivity contribution in [3.8, 4) is 17.1 Å². The van der Waals surface area contributed by atoms with Gasteiger partial charge in [0.2, 0.25) is 0 Å². The van der Waals surface area contributed by atoms with Gasteiger partial charge in [0.25, 0.3) is 6.01 Å². The fourth-order valence-corrected chi connectivity index (χ4v) is 3.43. The Labute approximate surface area is 152 Å². The molecule has 0 fully saturated rings. The van der Waals surface area contributed by atoms with Gasteiger partial charge < -0.3 is 14.5 Å². The molecular formula is C19H20N2O4S. The molecule has 0 radical (unpaired) electrons. The second kappa shape index (κ2) is 7.21. The second-order valence-electron chi connectivity index (χ2n) is 5.79. The monoisotopic (exact) mass is 372 g/mol. The summed E-state index contributed by atoms with van der Waals surface area (Å²) in [6.45, 7) is 3.61. The van der Waals surface area contributed by atoms with Crippen molar-refractivity contribution in [2.24, 2.45) is 0 Å². The average molecular weight is 372 g/mol. The first-order valence-electron chi connectivity index (χ1n) is 8.13. The summed E-state index contributed by atoms with van der Waals surface area (Å²) in [5, 5.41) is 3.00. The molecule has 1 heterocycles. The fourth-order valence-electron chi connectivity index (χ4n) is 2.52. The minimum Gasteiger partial charge on any atom is -0.495 e. The van der Waals surface area contributed by atoms with Crippen LogP contribution < -0.4 is 10.1 Å². The molecule has 0 saturated carbocycles. The summed E-state index contributed by atoms with van der Waals surface area (Å²) in [6, 6.07) is 12.8. The maximum atomic E-state index is 12.1. The lowest BCUT2D eigenvalue weighted by Gasteiger charge is -2.10. The van der Waals surface area contributed by atoms with Crippen molar-refractivity contribution in [3.05, 3.63) is 54.2 Å². The number of aromatic nitrogens is 1. The van der Waals surface area contributed by atoms with Gasteiger partial charge in [-0.15, -0.1) is 0 Å². The van der Waals surface area contributed by atoms with Gasteiger partial charge >= 0.3 is 0 Å². The predicted octanol–water partition coefficient (Wildman–Crippen LogP) is 4.20. The lowest BCUT2D eigenvalue weighted by atomic mass is 10.1. The minimum absolute atomic E-state index is 0.0231. The van der Waals surface area contributed by atoms with Gasteiger partial charge in [0.1, 0.15) is 5.75 Å². The number of ether oxygens (including phenoxy) is 1. The van der Waals surface area contributed by atoms with E-state index in [0.717, 1.165) is 11.1 Å².